The van der Waals surface area contributed by atoms with Crippen LogP contribution in [0.2, 0.25) is 0 Å². The lowest BCUT2D eigenvalue weighted by atomic mass is 10.1. The average molecular weight is 271 g/mol. The van der Waals surface area contributed by atoms with Gasteiger partial charge in [0.25, 0.3) is 0 Å². The molecular formula is C15H17N3O2. The molecule has 0 unspecified atom stereocenters. The summed E-state index contributed by atoms with van der Waals surface area (Å²) in [6.45, 7) is 4.51. The Hall–Kier alpha value is -2.48. The molecule has 0 heterocycles. The van der Waals surface area contributed by atoms with Crippen molar-refractivity contribution in [3.05, 3.63) is 57.6 Å². The fraction of sp³-hybridized carbons (Fsp3) is 0.333. The van der Waals surface area contributed by atoms with Crippen LogP contribution in [0.15, 0.2) is 41.2 Å². The van der Waals surface area contributed by atoms with Crippen LogP contribution in [0.1, 0.15) is 36.2 Å². The second-order valence-corrected chi connectivity index (χ2v) is 4.01. The third kappa shape index (κ3) is 5.02. The Morgan fingerprint density at radius 2 is 2.05 bits per heavy atom. The summed E-state index contributed by atoms with van der Waals surface area (Å²) >= 11 is 0. The van der Waals surface area contributed by atoms with Crippen molar-refractivity contribution in [3.8, 4) is 0 Å². The van der Waals surface area contributed by atoms with Gasteiger partial charge < -0.3 is 4.74 Å². The normalized spacial score (nSPS) is 9.10. The van der Waals surface area contributed by atoms with E-state index in [1.807, 2.05) is 25.1 Å². The second kappa shape index (κ2) is 8.59. The zero-order chi connectivity index (χ0) is 14.8. The summed E-state index contributed by atoms with van der Waals surface area (Å²) in [5, 5.41) is 3.44. The summed E-state index contributed by atoms with van der Waals surface area (Å²) in [6, 6.07) is 7.18. The minimum absolute atomic E-state index is 0.314. The maximum Gasteiger partial charge on any atom is 0.338 e. The average Bonchev–Trinajstić information content (AvgIpc) is 2.47. The first-order valence-corrected chi connectivity index (χ1v) is 6.39. The topological polar surface area (TPSA) is 75.1 Å². The Bertz CT molecular complexity index is 563. The van der Waals surface area contributed by atoms with Gasteiger partial charge in [-0.1, -0.05) is 17.2 Å². The highest BCUT2D eigenvalue weighted by atomic mass is 16.5. The molecule has 1 aromatic rings. The van der Waals surface area contributed by atoms with Gasteiger partial charge in [0.15, 0.2) is 0 Å². The molecule has 5 nitrogen and oxygen atoms in total. The zero-order valence-corrected chi connectivity index (χ0v) is 11.7. The van der Waals surface area contributed by atoms with Gasteiger partial charge in [0.1, 0.15) is 0 Å². The Morgan fingerprint density at radius 3 is 2.65 bits per heavy atom. The van der Waals surface area contributed by atoms with E-state index in [2.05, 4.69) is 15.8 Å². The first-order chi connectivity index (χ1) is 9.69. The van der Waals surface area contributed by atoms with Crippen LogP contribution >= 0.6 is 0 Å². The lowest BCUT2D eigenvalue weighted by Gasteiger charge is -2.03. The summed E-state index contributed by atoms with van der Waals surface area (Å²) in [5.41, 5.74) is 13.7. The van der Waals surface area contributed by atoms with Gasteiger partial charge in [-0.3, -0.25) is 0 Å². The number of hydrogen-bond acceptors (Lipinski definition) is 3. The molecule has 0 atom stereocenters. The Balaban J connectivity index is 2.74. The van der Waals surface area contributed by atoms with Crippen molar-refractivity contribution < 1.29 is 9.53 Å². The van der Waals surface area contributed by atoms with Crippen LogP contribution in [0.25, 0.3) is 16.0 Å². The Kier molecular flexibility index (Phi) is 6.69. The number of carbonyl (C=O) groups excluding carboxylic acids is 1. The molecule has 20 heavy (non-hydrogen) atoms. The highest BCUT2D eigenvalue weighted by molar-refractivity contribution is 5.89. The second-order valence-electron chi connectivity index (χ2n) is 4.01. The Labute approximate surface area is 118 Å². The number of esters is 1. The van der Waals surface area contributed by atoms with Crippen LogP contribution in [0.5, 0.6) is 0 Å². The smallest absolute Gasteiger partial charge is 0.338 e. The van der Waals surface area contributed by atoms with Crippen LogP contribution in [-0.4, -0.2) is 19.1 Å². The first kappa shape index (κ1) is 15.6. The number of hydrogen-bond donors (Lipinski definition) is 0. The van der Waals surface area contributed by atoms with E-state index in [0.717, 1.165) is 11.1 Å². The third-order valence-corrected chi connectivity index (χ3v) is 2.58. The number of carbonyl (C=O) groups is 1. The van der Waals surface area contributed by atoms with Crippen molar-refractivity contribution in [2.24, 2.45) is 5.11 Å². The standard InChI is InChI=1S/C15H17N3O2/c1-3-20-15(19)14-9-7-13(8-10-14)12(2)6-4-5-11-17-18-16/h4,7-10H,3,5,11H2,1-2H3. The van der Waals surface area contributed by atoms with Crippen LogP contribution in [0, 0.1) is 0 Å². The highest BCUT2D eigenvalue weighted by Crippen LogP contribution is 2.14. The summed E-state index contributed by atoms with van der Waals surface area (Å²) in [5.74, 6) is -0.314. The van der Waals surface area contributed by atoms with Crippen LogP contribution in [-0.2, 0) is 4.74 Å². The van der Waals surface area contributed by atoms with E-state index in [4.69, 9.17) is 10.3 Å². The van der Waals surface area contributed by atoms with E-state index in [1.54, 1.807) is 19.1 Å². The zero-order valence-electron chi connectivity index (χ0n) is 11.7. The molecule has 0 amide bonds. The minimum Gasteiger partial charge on any atom is -0.462 e. The molecule has 0 saturated carbocycles. The molecule has 0 N–H and O–H groups in total. The fourth-order valence-electron chi connectivity index (χ4n) is 1.55. The van der Waals surface area contributed by atoms with Gasteiger partial charge >= 0.3 is 5.97 Å². The van der Waals surface area contributed by atoms with Gasteiger partial charge in [-0.05, 0) is 55.1 Å². The SMILES string of the molecule is CCOC(=O)c1ccc(C(C)=C=CCCN=[N+]=[N-])cc1. The molecule has 1 aromatic carbocycles. The number of benzene rings is 1. The van der Waals surface area contributed by atoms with E-state index in [9.17, 15) is 4.79 Å². The van der Waals surface area contributed by atoms with Gasteiger partial charge in [0.05, 0.1) is 12.2 Å². The fourth-order valence-corrected chi connectivity index (χ4v) is 1.55. The maximum atomic E-state index is 11.5. The van der Waals surface area contributed by atoms with Crippen molar-refractivity contribution >= 4 is 11.5 Å². The quantitative estimate of drug-likeness (QED) is 0.195. The third-order valence-electron chi connectivity index (χ3n) is 2.58. The molecule has 0 bridgehead atoms. The first-order valence-electron chi connectivity index (χ1n) is 6.39. The van der Waals surface area contributed by atoms with Crippen molar-refractivity contribution in [2.75, 3.05) is 13.2 Å². The monoisotopic (exact) mass is 271 g/mol. The molecular weight excluding hydrogens is 254 g/mol. The molecule has 0 aromatic heterocycles. The molecule has 0 fully saturated rings. The number of rotatable bonds is 6. The van der Waals surface area contributed by atoms with E-state index in [-0.39, 0.29) is 5.97 Å². The molecule has 0 aliphatic heterocycles. The van der Waals surface area contributed by atoms with Crippen molar-refractivity contribution in [1.82, 2.24) is 0 Å². The minimum atomic E-state index is -0.314. The Morgan fingerprint density at radius 1 is 1.40 bits per heavy atom. The number of ether oxygens (including phenoxy) is 1. The summed E-state index contributed by atoms with van der Waals surface area (Å²) < 4.78 is 4.92. The lowest BCUT2D eigenvalue weighted by molar-refractivity contribution is 0.0526. The molecule has 0 aliphatic rings. The van der Waals surface area contributed by atoms with Crippen LogP contribution in [0.3, 0.4) is 0 Å². The van der Waals surface area contributed by atoms with Crippen LogP contribution < -0.4 is 0 Å². The summed E-state index contributed by atoms with van der Waals surface area (Å²) in [6.07, 6.45) is 2.49. The predicted molar refractivity (Wildman–Crippen MR) is 78.2 cm³/mol. The van der Waals surface area contributed by atoms with Crippen molar-refractivity contribution in [2.45, 2.75) is 20.3 Å². The number of azide groups is 1. The molecule has 0 saturated heterocycles. The predicted octanol–water partition coefficient (Wildman–Crippen LogP) is 4.12. The van der Waals surface area contributed by atoms with E-state index >= 15 is 0 Å². The van der Waals surface area contributed by atoms with E-state index in [0.29, 0.717) is 25.1 Å². The van der Waals surface area contributed by atoms with E-state index < -0.39 is 0 Å². The van der Waals surface area contributed by atoms with Gasteiger partial charge in [0, 0.05) is 11.5 Å². The van der Waals surface area contributed by atoms with Crippen molar-refractivity contribution in [3.63, 3.8) is 0 Å². The summed E-state index contributed by atoms with van der Waals surface area (Å²) in [7, 11) is 0. The maximum absolute atomic E-state index is 11.5. The van der Waals surface area contributed by atoms with Gasteiger partial charge in [0.2, 0.25) is 0 Å². The summed E-state index contributed by atoms with van der Waals surface area (Å²) in [4.78, 5) is 14.2. The molecule has 104 valence electrons. The van der Waals surface area contributed by atoms with Crippen molar-refractivity contribution in [1.29, 1.82) is 0 Å². The molecule has 1 rings (SSSR count). The largest absolute Gasteiger partial charge is 0.462 e. The molecule has 0 radical (unpaired) electrons. The number of nitrogens with zero attached hydrogens (tertiary/aromatic N) is 3. The van der Waals surface area contributed by atoms with Gasteiger partial charge in [-0.15, -0.1) is 5.73 Å². The molecule has 0 aliphatic carbocycles. The van der Waals surface area contributed by atoms with Gasteiger partial charge in [-0.2, -0.15) is 0 Å². The molecule has 0 spiro atoms. The van der Waals surface area contributed by atoms with Gasteiger partial charge in [-0.25, -0.2) is 4.79 Å². The lowest BCUT2D eigenvalue weighted by Crippen LogP contribution is -2.04. The van der Waals surface area contributed by atoms with E-state index in [1.165, 1.54) is 0 Å². The molecule has 5 heteroatoms. The highest BCUT2D eigenvalue weighted by Gasteiger charge is 2.05. The van der Waals surface area contributed by atoms with Crippen LogP contribution in [0.4, 0.5) is 0 Å².